The zero-order valence-electron chi connectivity index (χ0n) is 12.2. The number of piperidine rings is 1. The molecule has 1 aliphatic heterocycles. The molecule has 2 aliphatic rings. The highest BCUT2D eigenvalue weighted by molar-refractivity contribution is 6.02. The minimum Gasteiger partial charge on any atom is -0.409 e. The Morgan fingerprint density at radius 2 is 2.10 bits per heavy atom. The summed E-state index contributed by atoms with van der Waals surface area (Å²) in [6, 6.07) is 7.72. The van der Waals surface area contributed by atoms with Gasteiger partial charge in [0.1, 0.15) is 0 Å². The molecule has 0 amide bonds. The first kappa shape index (κ1) is 14.2. The predicted molar refractivity (Wildman–Crippen MR) is 82.7 cm³/mol. The van der Waals surface area contributed by atoms with Crippen LogP contribution in [0, 0.1) is 5.92 Å². The quantitative estimate of drug-likeness (QED) is 0.336. The van der Waals surface area contributed by atoms with Crippen LogP contribution in [-0.2, 0) is 0 Å². The molecule has 0 aromatic heterocycles. The summed E-state index contributed by atoms with van der Waals surface area (Å²) in [5.74, 6) is 0.454. The number of amidine groups is 1. The number of nitrogens with two attached hydrogens (primary N) is 1. The monoisotopic (exact) mass is 289 g/mol. The SMILES string of the molecule is N/C(=N/O)c1ccccc1N1CCC2(O)CCCCC2C1. The molecule has 0 bridgehead atoms. The van der Waals surface area contributed by atoms with E-state index in [1.54, 1.807) is 0 Å². The fourth-order valence-electron chi connectivity index (χ4n) is 3.81. The second-order valence-corrected chi connectivity index (χ2v) is 6.24. The van der Waals surface area contributed by atoms with Crippen LogP contribution in [0.1, 0.15) is 37.7 Å². The summed E-state index contributed by atoms with van der Waals surface area (Å²) in [5.41, 5.74) is 7.04. The number of hydrogen-bond donors (Lipinski definition) is 3. The largest absolute Gasteiger partial charge is 0.409 e. The number of fused-ring (bicyclic) bond motifs is 1. The van der Waals surface area contributed by atoms with E-state index in [0.717, 1.165) is 50.0 Å². The van der Waals surface area contributed by atoms with Crippen molar-refractivity contribution in [3.63, 3.8) is 0 Å². The van der Waals surface area contributed by atoms with Gasteiger partial charge in [0.2, 0.25) is 0 Å². The number of anilines is 1. The first-order valence-corrected chi connectivity index (χ1v) is 7.68. The van der Waals surface area contributed by atoms with E-state index in [4.69, 9.17) is 10.9 Å². The van der Waals surface area contributed by atoms with Gasteiger partial charge in [-0.2, -0.15) is 0 Å². The van der Waals surface area contributed by atoms with Crippen molar-refractivity contribution in [1.29, 1.82) is 0 Å². The summed E-state index contributed by atoms with van der Waals surface area (Å²) in [6.45, 7) is 1.65. The molecule has 2 unspecified atom stereocenters. The number of nitrogens with zero attached hydrogens (tertiary/aromatic N) is 2. The molecule has 0 radical (unpaired) electrons. The lowest BCUT2D eigenvalue weighted by Gasteiger charge is -2.48. The molecule has 5 heteroatoms. The van der Waals surface area contributed by atoms with Gasteiger partial charge in [0.25, 0.3) is 0 Å². The molecule has 3 rings (SSSR count). The van der Waals surface area contributed by atoms with Gasteiger partial charge in [-0.25, -0.2) is 0 Å². The Morgan fingerprint density at radius 3 is 2.90 bits per heavy atom. The molecule has 5 nitrogen and oxygen atoms in total. The van der Waals surface area contributed by atoms with Crippen molar-refractivity contribution in [3.05, 3.63) is 29.8 Å². The van der Waals surface area contributed by atoms with E-state index in [0.29, 0.717) is 5.92 Å². The van der Waals surface area contributed by atoms with Gasteiger partial charge in [0, 0.05) is 30.3 Å². The molecule has 4 N–H and O–H groups in total. The van der Waals surface area contributed by atoms with Crippen LogP contribution in [-0.4, -0.2) is 34.8 Å². The van der Waals surface area contributed by atoms with Crippen LogP contribution in [0.2, 0.25) is 0 Å². The summed E-state index contributed by atoms with van der Waals surface area (Å²) in [5, 5.41) is 22.8. The lowest BCUT2D eigenvalue weighted by atomic mass is 9.71. The molecule has 2 fully saturated rings. The van der Waals surface area contributed by atoms with Crippen LogP contribution in [0.5, 0.6) is 0 Å². The molecule has 1 aromatic rings. The lowest BCUT2D eigenvalue weighted by Crippen LogP contribution is -2.53. The van der Waals surface area contributed by atoms with Crippen LogP contribution >= 0.6 is 0 Å². The summed E-state index contributed by atoms with van der Waals surface area (Å²) in [7, 11) is 0. The molecule has 2 atom stereocenters. The zero-order valence-corrected chi connectivity index (χ0v) is 12.2. The second-order valence-electron chi connectivity index (χ2n) is 6.24. The van der Waals surface area contributed by atoms with Gasteiger partial charge in [0.05, 0.1) is 5.60 Å². The Hall–Kier alpha value is -1.75. The Balaban J connectivity index is 1.86. The van der Waals surface area contributed by atoms with E-state index in [-0.39, 0.29) is 5.84 Å². The number of rotatable bonds is 2. The molecular formula is C16H23N3O2. The van der Waals surface area contributed by atoms with Gasteiger partial charge in [-0.3, -0.25) is 0 Å². The molecule has 21 heavy (non-hydrogen) atoms. The Labute approximate surface area is 125 Å². The highest BCUT2D eigenvalue weighted by Crippen LogP contribution is 2.41. The summed E-state index contributed by atoms with van der Waals surface area (Å²) in [6.07, 6.45) is 5.13. The first-order chi connectivity index (χ1) is 10.1. The molecule has 1 aliphatic carbocycles. The van der Waals surface area contributed by atoms with Gasteiger partial charge in [-0.05, 0) is 31.4 Å². The number of benzene rings is 1. The highest BCUT2D eigenvalue weighted by atomic mass is 16.4. The van der Waals surface area contributed by atoms with Gasteiger partial charge < -0.3 is 20.9 Å². The minimum absolute atomic E-state index is 0.134. The van der Waals surface area contributed by atoms with E-state index >= 15 is 0 Å². The maximum atomic E-state index is 10.8. The van der Waals surface area contributed by atoms with Gasteiger partial charge in [0.15, 0.2) is 5.84 Å². The molecule has 1 heterocycles. The second kappa shape index (κ2) is 5.56. The van der Waals surface area contributed by atoms with Crippen LogP contribution in [0.3, 0.4) is 0 Å². The molecular weight excluding hydrogens is 266 g/mol. The maximum Gasteiger partial charge on any atom is 0.172 e. The maximum absolute atomic E-state index is 10.8. The van der Waals surface area contributed by atoms with Gasteiger partial charge in [-0.15, -0.1) is 0 Å². The van der Waals surface area contributed by atoms with Crippen LogP contribution in [0.15, 0.2) is 29.4 Å². The third-order valence-corrected chi connectivity index (χ3v) is 5.06. The molecule has 114 valence electrons. The van der Waals surface area contributed by atoms with Crippen molar-refractivity contribution in [2.24, 2.45) is 16.8 Å². The van der Waals surface area contributed by atoms with Gasteiger partial charge in [-0.1, -0.05) is 30.1 Å². The van der Waals surface area contributed by atoms with Crippen LogP contribution in [0.4, 0.5) is 5.69 Å². The van der Waals surface area contributed by atoms with Crippen LogP contribution in [0.25, 0.3) is 0 Å². The Bertz CT molecular complexity index is 546. The summed E-state index contributed by atoms with van der Waals surface area (Å²) in [4.78, 5) is 2.26. The third kappa shape index (κ3) is 2.58. The van der Waals surface area contributed by atoms with Crippen molar-refractivity contribution in [1.82, 2.24) is 0 Å². The molecule has 0 spiro atoms. The standard InChI is InChI=1S/C16H23N3O2/c17-15(18-21)13-6-1-2-7-14(13)19-10-9-16(20)8-4-3-5-12(16)11-19/h1-2,6-7,12,20-21H,3-5,8-11H2,(H2,17,18). The Morgan fingerprint density at radius 1 is 1.29 bits per heavy atom. The Kier molecular flexibility index (Phi) is 3.76. The van der Waals surface area contributed by atoms with Crippen molar-refractivity contribution in [3.8, 4) is 0 Å². The van der Waals surface area contributed by atoms with Crippen molar-refractivity contribution >= 4 is 11.5 Å². The van der Waals surface area contributed by atoms with E-state index in [2.05, 4.69) is 10.1 Å². The van der Waals surface area contributed by atoms with Crippen LogP contribution < -0.4 is 10.6 Å². The summed E-state index contributed by atoms with van der Waals surface area (Å²) >= 11 is 0. The predicted octanol–water partition coefficient (Wildman–Crippen LogP) is 1.91. The molecule has 1 saturated heterocycles. The fourth-order valence-corrected chi connectivity index (χ4v) is 3.81. The number of hydrogen-bond acceptors (Lipinski definition) is 4. The van der Waals surface area contributed by atoms with Crippen molar-refractivity contribution in [2.75, 3.05) is 18.0 Å². The highest BCUT2D eigenvalue weighted by Gasteiger charge is 2.43. The van der Waals surface area contributed by atoms with E-state index < -0.39 is 5.60 Å². The zero-order chi connectivity index (χ0) is 14.9. The third-order valence-electron chi connectivity index (χ3n) is 5.06. The molecule has 1 aromatic carbocycles. The number of para-hydroxylation sites is 1. The van der Waals surface area contributed by atoms with Gasteiger partial charge >= 0.3 is 0 Å². The lowest BCUT2D eigenvalue weighted by molar-refractivity contribution is -0.0612. The molecule has 1 saturated carbocycles. The smallest absolute Gasteiger partial charge is 0.172 e. The fraction of sp³-hybridized carbons (Fsp3) is 0.562. The average molecular weight is 289 g/mol. The minimum atomic E-state index is -0.486. The van der Waals surface area contributed by atoms with E-state index in [1.807, 2.05) is 24.3 Å². The topological polar surface area (TPSA) is 82.1 Å². The first-order valence-electron chi connectivity index (χ1n) is 7.68. The van der Waals surface area contributed by atoms with E-state index in [9.17, 15) is 5.11 Å². The normalized spacial score (nSPS) is 30.0. The summed E-state index contributed by atoms with van der Waals surface area (Å²) < 4.78 is 0. The average Bonchev–Trinajstić information content (AvgIpc) is 2.53. The van der Waals surface area contributed by atoms with Crippen molar-refractivity contribution in [2.45, 2.75) is 37.7 Å². The van der Waals surface area contributed by atoms with Crippen molar-refractivity contribution < 1.29 is 10.3 Å². The van der Waals surface area contributed by atoms with E-state index in [1.165, 1.54) is 6.42 Å². The number of aliphatic hydroxyl groups is 1. The number of oxime groups is 1.